The maximum absolute atomic E-state index is 13.6. The third kappa shape index (κ3) is 2.26. The molecule has 1 nitrogen and oxygen atoms in total. The molecule has 1 fully saturated rings. The summed E-state index contributed by atoms with van der Waals surface area (Å²) in [6.45, 7) is 1.03. The first-order chi connectivity index (χ1) is 10.7. The summed E-state index contributed by atoms with van der Waals surface area (Å²) in [5.74, 6) is -0.149. The van der Waals surface area contributed by atoms with Crippen molar-refractivity contribution in [1.82, 2.24) is 5.32 Å². The number of fused-ring (bicyclic) bond motifs is 3. The highest BCUT2D eigenvalue weighted by atomic mass is 35.5. The zero-order chi connectivity index (χ0) is 15.2. The normalized spacial score (nSPS) is 26.5. The van der Waals surface area contributed by atoms with Gasteiger partial charge in [0.15, 0.2) is 0 Å². The first-order valence-corrected chi connectivity index (χ1v) is 8.32. The van der Waals surface area contributed by atoms with E-state index >= 15 is 0 Å². The van der Waals surface area contributed by atoms with Crippen molar-refractivity contribution in [1.29, 1.82) is 0 Å². The Hall–Kier alpha value is -1.38. The van der Waals surface area contributed by atoms with E-state index in [4.69, 9.17) is 11.6 Å². The zero-order valence-electron chi connectivity index (χ0n) is 12.4. The van der Waals surface area contributed by atoms with Crippen LogP contribution in [0.3, 0.4) is 0 Å². The topological polar surface area (TPSA) is 12.0 Å². The monoisotopic (exact) mass is 315 g/mol. The number of hydrogen-bond donors (Lipinski definition) is 1. The maximum atomic E-state index is 13.6. The van der Waals surface area contributed by atoms with Crippen molar-refractivity contribution in [2.45, 2.75) is 37.1 Å². The van der Waals surface area contributed by atoms with Crippen LogP contribution in [0.4, 0.5) is 4.39 Å². The van der Waals surface area contributed by atoms with Gasteiger partial charge < -0.3 is 5.32 Å². The first-order valence-electron chi connectivity index (χ1n) is 7.94. The minimum absolute atomic E-state index is 0.0754. The van der Waals surface area contributed by atoms with E-state index in [2.05, 4.69) is 17.4 Å². The Morgan fingerprint density at radius 3 is 3.00 bits per heavy atom. The van der Waals surface area contributed by atoms with Gasteiger partial charge in [0.25, 0.3) is 0 Å². The third-order valence-corrected chi connectivity index (χ3v) is 5.58. The van der Waals surface area contributed by atoms with Gasteiger partial charge in [-0.05, 0) is 73.2 Å². The van der Waals surface area contributed by atoms with Crippen LogP contribution in [-0.2, 0) is 18.3 Å². The Balaban J connectivity index is 1.80. The van der Waals surface area contributed by atoms with E-state index in [1.807, 2.05) is 18.2 Å². The molecule has 1 N–H and O–H groups in total. The molecule has 0 amide bonds. The molecule has 4 rings (SSSR count). The molecule has 0 bridgehead atoms. The van der Waals surface area contributed by atoms with Crippen LogP contribution in [0, 0.1) is 5.82 Å². The summed E-state index contributed by atoms with van der Waals surface area (Å²) >= 11 is 6.18. The number of halogens is 2. The molecule has 0 spiro atoms. The van der Waals surface area contributed by atoms with Gasteiger partial charge in [0.2, 0.25) is 0 Å². The highest BCUT2D eigenvalue weighted by molar-refractivity contribution is 6.30. The highest BCUT2D eigenvalue weighted by Crippen LogP contribution is 2.46. The molecule has 1 aliphatic carbocycles. The van der Waals surface area contributed by atoms with Crippen LogP contribution >= 0.6 is 11.6 Å². The smallest absolute Gasteiger partial charge is 0.123 e. The minimum atomic E-state index is -0.149. The fraction of sp³-hybridized carbons (Fsp3) is 0.368. The second kappa shape index (κ2) is 5.36. The molecule has 0 saturated carbocycles. The average molecular weight is 316 g/mol. The van der Waals surface area contributed by atoms with Crippen LogP contribution in [0.15, 0.2) is 42.5 Å². The molecule has 1 aliphatic heterocycles. The lowest BCUT2D eigenvalue weighted by molar-refractivity contribution is 0.326. The van der Waals surface area contributed by atoms with E-state index in [0.717, 1.165) is 42.8 Å². The molecule has 0 radical (unpaired) electrons. The summed E-state index contributed by atoms with van der Waals surface area (Å²) in [6.07, 6.45) is 4.18. The summed E-state index contributed by atoms with van der Waals surface area (Å²) in [5, 5.41) is 4.47. The number of hydrogen-bond acceptors (Lipinski definition) is 1. The van der Waals surface area contributed by atoms with Crippen LogP contribution < -0.4 is 5.32 Å². The molecule has 2 aromatic carbocycles. The Bertz CT molecular complexity index is 714. The number of benzene rings is 2. The van der Waals surface area contributed by atoms with Crippen molar-refractivity contribution in [3.8, 4) is 0 Å². The van der Waals surface area contributed by atoms with E-state index in [1.54, 1.807) is 6.07 Å². The van der Waals surface area contributed by atoms with Gasteiger partial charge in [-0.2, -0.15) is 0 Å². The Morgan fingerprint density at radius 2 is 2.14 bits per heavy atom. The van der Waals surface area contributed by atoms with Gasteiger partial charge in [0.1, 0.15) is 5.82 Å². The predicted molar refractivity (Wildman–Crippen MR) is 88.0 cm³/mol. The van der Waals surface area contributed by atoms with Gasteiger partial charge >= 0.3 is 0 Å². The van der Waals surface area contributed by atoms with Crippen LogP contribution in [0.1, 0.15) is 29.5 Å². The quantitative estimate of drug-likeness (QED) is 0.873. The summed E-state index contributed by atoms with van der Waals surface area (Å²) in [6, 6.07) is 13.8. The Labute approximate surface area is 135 Å². The Kier molecular flexibility index (Phi) is 3.47. The van der Waals surface area contributed by atoms with E-state index in [1.165, 1.54) is 17.2 Å². The summed E-state index contributed by atoms with van der Waals surface area (Å²) in [7, 11) is 0. The van der Waals surface area contributed by atoms with Gasteiger partial charge in [0, 0.05) is 16.5 Å². The molecular weight excluding hydrogens is 297 g/mol. The largest absolute Gasteiger partial charge is 0.313 e. The third-order valence-electron chi connectivity index (χ3n) is 5.34. The van der Waals surface area contributed by atoms with E-state index in [0.29, 0.717) is 6.04 Å². The molecule has 1 heterocycles. The molecule has 2 unspecified atom stereocenters. The van der Waals surface area contributed by atoms with Gasteiger partial charge in [-0.25, -0.2) is 4.39 Å². The van der Waals surface area contributed by atoms with Gasteiger partial charge in [-0.15, -0.1) is 0 Å². The molecule has 1 saturated heterocycles. The predicted octanol–water partition coefficient (Wildman–Crippen LogP) is 4.27. The van der Waals surface area contributed by atoms with E-state index in [9.17, 15) is 4.39 Å². The minimum Gasteiger partial charge on any atom is -0.313 e. The molecule has 2 aromatic rings. The van der Waals surface area contributed by atoms with Gasteiger partial charge in [0.05, 0.1) is 0 Å². The van der Waals surface area contributed by atoms with Crippen molar-refractivity contribution >= 4 is 11.6 Å². The molecular formula is C19H19ClFN. The van der Waals surface area contributed by atoms with E-state index < -0.39 is 0 Å². The van der Waals surface area contributed by atoms with Crippen molar-refractivity contribution in [3.05, 3.63) is 70.0 Å². The van der Waals surface area contributed by atoms with E-state index in [-0.39, 0.29) is 11.2 Å². The number of aryl methyl sites for hydroxylation is 1. The standard InChI is InChI=1S/C19H19ClFN/c20-15-5-6-17-14(11-15)4-7-18-19(17,8-9-22-18)12-13-2-1-3-16(21)10-13/h1-3,5-6,10-11,18,22H,4,7-9,12H2. The number of nitrogens with one attached hydrogen (secondary N) is 1. The van der Waals surface area contributed by atoms with Gasteiger partial charge in [-0.1, -0.05) is 29.8 Å². The lowest BCUT2D eigenvalue weighted by Crippen LogP contribution is -2.45. The maximum Gasteiger partial charge on any atom is 0.123 e. The van der Waals surface area contributed by atoms with Crippen LogP contribution in [-0.4, -0.2) is 12.6 Å². The molecule has 22 heavy (non-hydrogen) atoms. The fourth-order valence-electron chi connectivity index (χ4n) is 4.41. The summed E-state index contributed by atoms with van der Waals surface area (Å²) in [5.41, 5.74) is 3.93. The van der Waals surface area contributed by atoms with Crippen molar-refractivity contribution in [2.24, 2.45) is 0 Å². The van der Waals surface area contributed by atoms with Crippen LogP contribution in [0.5, 0.6) is 0 Å². The lowest BCUT2D eigenvalue weighted by Gasteiger charge is -2.41. The number of rotatable bonds is 2. The van der Waals surface area contributed by atoms with Crippen molar-refractivity contribution in [3.63, 3.8) is 0 Å². The summed E-state index contributed by atoms with van der Waals surface area (Å²) in [4.78, 5) is 0. The second-order valence-electron chi connectivity index (χ2n) is 6.56. The first kappa shape index (κ1) is 14.2. The average Bonchev–Trinajstić information content (AvgIpc) is 2.90. The van der Waals surface area contributed by atoms with Crippen LogP contribution in [0.25, 0.3) is 0 Å². The van der Waals surface area contributed by atoms with Crippen molar-refractivity contribution < 1.29 is 4.39 Å². The van der Waals surface area contributed by atoms with Crippen molar-refractivity contribution in [2.75, 3.05) is 6.54 Å². The lowest BCUT2D eigenvalue weighted by atomic mass is 9.64. The zero-order valence-corrected chi connectivity index (χ0v) is 13.2. The fourth-order valence-corrected chi connectivity index (χ4v) is 4.61. The highest BCUT2D eigenvalue weighted by Gasteiger charge is 2.47. The molecule has 0 aromatic heterocycles. The summed E-state index contributed by atoms with van der Waals surface area (Å²) < 4.78 is 13.6. The Morgan fingerprint density at radius 1 is 1.23 bits per heavy atom. The molecule has 2 atom stereocenters. The molecule has 114 valence electrons. The molecule has 3 heteroatoms. The van der Waals surface area contributed by atoms with Crippen LogP contribution in [0.2, 0.25) is 5.02 Å². The SMILES string of the molecule is Fc1cccc(CC23CCNC2CCc2cc(Cl)ccc23)c1. The second-order valence-corrected chi connectivity index (χ2v) is 7.00. The molecule has 2 aliphatic rings. The van der Waals surface area contributed by atoms with Gasteiger partial charge in [-0.3, -0.25) is 0 Å².